The first kappa shape index (κ1) is 21.2. The monoisotopic (exact) mass is 452 g/mol. The van der Waals surface area contributed by atoms with Crippen molar-refractivity contribution in [3.63, 3.8) is 0 Å². The number of hydrogen-bond donors (Lipinski definition) is 0. The van der Waals surface area contributed by atoms with Crippen LogP contribution in [0.3, 0.4) is 0 Å². The Morgan fingerprint density at radius 1 is 1.00 bits per heavy atom. The van der Waals surface area contributed by atoms with E-state index in [0.29, 0.717) is 6.04 Å². The van der Waals surface area contributed by atoms with Gasteiger partial charge in [0.05, 0.1) is 0 Å². The fourth-order valence-electron chi connectivity index (χ4n) is 4.55. The van der Waals surface area contributed by atoms with Crippen LogP contribution in [0.4, 0.5) is 0 Å². The summed E-state index contributed by atoms with van der Waals surface area (Å²) in [6.07, 6.45) is 13.1. The Bertz CT molecular complexity index is 464. The molecule has 0 aromatic carbocycles. The SMILES string of the molecule is CCC[CH2][Sn]([CH2]CCC)([CH2]CCC)[c]1ccc(C2CCCN2C)cn1. The number of rotatable bonds is 11. The van der Waals surface area contributed by atoms with E-state index in [4.69, 9.17) is 4.98 Å². The van der Waals surface area contributed by atoms with Gasteiger partial charge in [-0.1, -0.05) is 0 Å². The first-order valence-electron chi connectivity index (χ1n) is 10.8. The molecule has 1 fully saturated rings. The molecule has 1 atom stereocenters. The van der Waals surface area contributed by atoms with Gasteiger partial charge in [-0.25, -0.2) is 0 Å². The summed E-state index contributed by atoms with van der Waals surface area (Å²) in [6, 6.07) is 5.51. The second kappa shape index (κ2) is 10.9. The van der Waals surface area contributed by atoms with Crippen molar-refractivity contribution in [2.75, 3.05) is 13.6 Å². The van der Waals surface area contributed by atoms with Crippen LogP contribution < -0.4 is 3.71 Å². The Hall–Kier alpha value is -0.0913. The zero-order valence-corrected chi connectivity index (χ0v) is 20.0. The molecule has 1 aliphatic heterocycles. The van der Waals surface area contributed by atoms with Crippen LogP contribution in [0.25, 0.3) is 0 Å². The number of unbranched alkanes of at least 4 members (excludes halogenated alkanes) is 3. The van der Waals surface area contributed by atoms with Gasteiger partial charge in [0.1, 0.15) is 0 Å². The molecule has 0 bridgehead atoms. The number of pyridine rings is 1. The third kappa shape index (κ3) is 5.69. The van der Waals surface area contributed by atoms with Crippen molar-refractivity contribution in [2.45, 2.75) is 91.5 Å². The fourth-order valence-corrected chi connectivity index (χ4v) is 19.9. The summed E-state index contributed by atoms with van der Waals surface area (Å²) in [4.78, 5) is 7.65. The van der Waals surface area contributed by atoms with Crippen molar-refractivity contribution in [1.82, 2.24) is 9.88 Å². The third-order valence-corrected chi connectivity index (χ3v) is 21.4. The Morgan fingerprint density at radius 2 is 1.60 bits per heavy atom. The van der Waals surface area contributed by atoms with Gasteiger partial charge in [-0.05, 0) is 0 Å². The van der Waals surface area contributed by atoms with E-state index in [-0.39, 0.29) is 0 Å². The summed E-state index contributed by atoms with van der Waals surface area (Å²) >= 11 is -2.33. The Labute approximate surface area is 160 Å². The number of nitrogens with zero attached hydrogens (tertiary/aromatic N) is 2. The van der Waals surface area contributed by atoms with Crippen molar-refractivity contribution in [1.29, 1.82) is 0 Å². The maximum atomic E-state index is 5.16. The van der Waals surface area contributed by atoms with E-state index in [1.54, 1.807) is 3.71 Å². The van der Waals surface area contributed by atoms with Crippen LogP contribution in [-0.2, 0) is 0 Å². The first-order valence-corrected chi connectivity index (χ1v) is 18.3. The van der Waals surface area contributed by atoms with Crippen molar-refractivity contribution >= 4 is 22.1 Å². The van der Waals surface area contributed by atoms with Gasteiger partial charge in [0.2, 0.25) is 0 Å². The molecule has 1 aromatic heterocycles. The molecule has 2 heterocycles. The molecule has 1 unspecified atom stereocenters. The molecule has 0 saturated carbocycles. The van der Waals surface area contributed by atoms with Crippen molar-refractivity contribution in [3.8, 4) is 0 Å². The number of aromatic nitrogens is 1. The molecule has 0 spiro atoms. The maximum absolute atomic E-state index is 5.16. The van der Waals surface area contributed by atoms with E-state index in [1.165, 1.54) is 76.8 Å². The molecule has 142 valence electrons. The van der Waals surface area contributed by atoms with Gasteiger partial charge < -0.3 is 0 Å². The molecule has 1 aromatic rings. The van der Waals surface area contributed by atoms with Crippen LogP contribution in [0.1, 0.15) is 83.7 Å². The quantitative estimate of drug-likeness (QED) is 0.390. The summed E-state index contributed by atoms with van der Waals surface area (Å²) in [5, 5.41) is 0. The molecule has 0 aliphatic carbocycles. The molecule has 2 nitrogen and oxygen atoms in total. The minimum atomic E-state index is -2.33. The summed E-state index contributed by atoms with van der Waals surface area (Å²) in [5.41, 5.74) is 1.45. The zero-order chi connectivity index (χ0) is 18.1. The second-order valence-electron chi connectivity index (χ2n) is 8.21. The number of likely N-dealkylation sites (tertiary alicyclic amines) is 1. The molecule has 0 radical (unpaired) electrons. The Morgan fingerprint density at radius 3 is 2.00 bits per heavy atom. The van der Waals surface area contributed by atoms with Crippen molar-refractivity contribution in [2.24, 2.45) is 0 Å². The van der Waals surface area contributed by atoms with Crippen LogP contribution >= 0.6 is 0 Å². The van der Waals surface area contributed by atoms with E-state index < -0.39 is 18.4 Å². The van der Waals surface area contributed by atoms with Crippen LogP contribution in [0.15, 0.2) is 18.3 Å². The average molecular weight is 451 g/mol. The van der Waals surface area contributed by atoms with Gasteiger partial charge in [0.25, 0.3) is 0 Å². The first-order chi connectivity index (χ1) is 12.2. The molecule has 1 saturated heterocycles. The molecular weight excluding hydrogens is 411 g/mol. The normalized spacial score (nSPS) is 18.8. The van der Waals surface area contributed by atoms with Crippen LogP contribution in [0.2, 0.25) is 13.3 Å². The molecule has 25 heavy (non-hydrogen) atoms. The van der Waals surface area contributed by atoms with Gasteiger partial charge in [-0.2, -0.15) is 0 Å². The van der Waals surface area contributed by atoms with Crippen molar-refractivity contribution in [3.05, 3.63) is 23.9 Å². The summed E-state index contributed by atoms with van der Waals surface area (Å²) in [5.74, 6) is 0. The summed E-state index contributed by atoms with van der Waals surface area (Å²) < 4.78 is 6.12. The van der Waals surface area contributed by atoms with Gasteiger partial charge in [0.15, 0.2) is 0 Å². The van der Waals surface area contributed by atoms with Gasteiger partial charge in [0, 0.05) is 0 Å². The predicted octanol–water partition coefficient (Wildman–Crippen LogP) is 5.90. The molecular formula is C22H40N2Sn. The van der Waals surface area contributed by atoms with E-state index in [1.807, 2.05) is 0 Å². The van der Waals surface area contributed by atoms with Crippen molar-refractivity contribution < 1.29 is 0 Å². The fraction of sp³-hybridized carbons (Fsp3) is 0.773. The molecule has 2 rings (SSSR count). The Balaban J connectivity index is 2.24. The van der Waals surface area contributed by atoms with Gasteiger partial charge >= 0.3 is 161 Å². The third-order valence-electron chi connectivity index (χ3n) is 6.26. The topological polar surface area (TPSA) is 16.1 Å². The van der Waals surface area contributed by atoms with E-state index in [9.17, 15) is 0 Å². The number of hydrogen-bond acceptors (Lipinski definition) is 2. The summed E-state index contributed by atoms with van der Waals surface area (Å²) in [7, 11) is 2.26. The molecule has 3 heteroatoms. The summed E-state index contributed by atoms with van der Waals surface area (Å²) in [6.45, 7) is 8.28. The standard InChI is InChI=1S/C10H13N2.3C4H9.Sn/c1-12-7-3-5-10(12)9-4-2-6-11-8-9;3*1-3-4-2;/h2,4,8,10H,3,5,7H2,1H3;3*1,3-4H2,2H3;. The molecule has 1 aliphatic rings. The van der Waals surface area contributed by atoms with Crippen LogP contribution in [0, 0.1) is 0 Å². The van der Waals surface area contributed by atoms with Gasteiger partial charge in [-0.3, -0.25) is 0 Å². The average Bonchev–Trinajstić information content (AvgIpc) is 3.08. The Kier molecular flexibility index (Phi) is 9.26. The van der Waals surface area contributed by atoms with E-state index in [0.717, 1.165) is 0 Å². The molecule has 0 N–H and O–H groups in total. The van der Waals surface area contributed by atoms with Crippen LogP contribution in [-0.4, -0.2) is 41.9 Å². The minimum absolute atomic E-state index is 0.605. The van der Waals surface area contributed by atoms with Gasteiger partial charge in [-0.15, -0.1) is 0 Å². The van der Waals surface area contributed by atoms with Crippen LogP contribution in [0.5, 0.6) is 0 Å². The van der Waals surface area contributed by atoms with E-state index >= 15 is 0 Å². The predicted molar refractivity (Wildman–Crippen MR) is 113 cm³/mol. The molecule has 0 amide bonds. The zero-order valence-electron chi connectivity index (χ0n) is 17.2. The second-order valence-corrected chi connectivity index (χ2v) is 21.3. The van der Waals surface area contributed by atoms with E-state index in [2.05, 4.69) is 51.0 Å².